The summed E-state index contributed by atoms with van der Waals surface area (Å²) in [7, 11) is 0. The summed E-state index contributed by atoms with van der Waals surface area (Å²) in [5.41, 5.74) is -0.554. The van der Waals surface area contributed by atoms with Crippen LogP contribution in [0.1, 0.15) is 20.3 Å². The first-order chi connectivity index (χ1) is 6.32. The van der Waals surface area contributed by atoms with Crippen LogP contribution in [0.5, 0.6) is 0 Å². The quantitative estimate of drug-likeness (QED) is 0.331. The Balaban J connectivity index is 4.26. The second-order valence-electron chi connectivity index (χ2n) is 2.93. The molecular formula is C7H12BrCl3O2Si. The number of hydrogen-bond donors (Lipinski definition) is 0. The van der Waals surface area contributed by atoms with Gasteiger partial charge in [-0.1, -0.05) is 29.8 Å². The summed E-state index contributed by atoms with van der Waals surface area (Å²) >= 11 is 20.5. The summed E-state index contributed by atoms with van der Waals surface area (Å²) in [4.78, 5) is 11.4. The van der Waals surface area contributed by atoms with Crippen molar-refractivity contribution in [3.05, 3.63) is 0 Å². The minimum Gasteiger partial charge on any atom is -0.461 e. The molecule has 14 heavy (non-hydrogen) atoms. The van der Waals surface area contributed by atoms with Gasteiger partial charge in [-0.15, -0.1) is 33.2 Å². The van der Waals surface area contributed by atoms with Gasteiger partial charge >= 0.3 is 12.0 Å². The van der Waals surface area contributed by atoms with Gasteiger partial charge in [-0.05, 0) is 6.42 Å². The fourth-order valence-electron chi connectivity index (χ4n) is 0.701. The summed E-state index contributed by atoms with van der Waals surface area (Å²) in [6.07, 6.45) is 0.531. The monoisotopic (exact) mass is 340 g/mol. The molecule has 0 fully saturated rings. The van der Waals surface area contributed by atoms with Crippen LogP contribution in [-0.4, -0.2) is 23.0 Å². The number of rotatable bonds is 5. The van der Waals surface area contributed by atoms with Gasteiger partial charge in [-0.25, -0.2) is 0 Å². The molecule has 0 aliphatic heterocycles. The normalized spacial score (nSPS) is 16.1. The minimum absolute atomic E-state index is 0.217. The van der Waals surface area contributed by atoms with Gasteiger partial charge in [0.15, 0.2) is 0 Å². The van der Waals surface area contributed by atoms with E-state index in [2.05, 4.69) is 15.9 Å². The Morgan fingerprint density at radius 1 is 1.50 bits per heavy atom. The van der Waals surface area contributed by atoms with Gasteiger partial charge in [0.2, 0.25) is 0 Å². The molecule has 2 unspecified atom stereocenters. The molecule has 0 aromatic rings. The lowest BCUT2D eigenvalue weighted by Crippen LogP contribution is -2.37. The highest BCUT2D eigenvalue weighted by Crippen LogP contribution is 2.29. The van der Waals surface area contributed by atoms with Crippen molar-refractivity contribution in [1.82, 2.24) is 0 Å². The number of carbonyl (C=O) groups is 1. The van der Waals surface area contributed by atoms with E-state index in [1.54, 1.807) is 6.92 Å². The molecule has 0 saturated heterocycles. The van der Waals surface area contributed by atoms with Crippen molar-refractivity contribution in [1.29, 1.82) is 0 Å². The summed E-state index contributed by atoms with van der Waals surface area (Å²) in [5, 5.41) is 0.545. The average molecular weight is 343 g/mol. The largest absolute Gasteiger partial charge is 0.461 e. The lowest BCUT2D eigenvalue weighted by molar-refractivity contribution is -0.149. The van der Waals surface area contributed by atoms with Gasteiger partial charge in [0.1, 0.15) is 5.73 Å². The molecule has 0 aliphatic rings. The second-order valence-corrected chi connectivity index (χ2v) is 12.4. The summed E-state index contributed by atoms with van der Waals surface area (Å²) in [5.74, 6) is -0.544. The van der Waals surface area contributed by atoms with Crippen molar-refractivity contribution in [3.8, 4) is 0 Å². The topological polar surface area (TPSA) is 26.3 Å². The number of halogens is 4. The molecule has 0 rings (SSSR count). The predicted molar refractivity (Wildman–Crippen MR) is 66.4 cm³/mol. The Labute approximate surface area is 107 Å². The van der Waals surface area contributed by atoms with Crippen molar-refractivity contribution in [2.75, 3.05) is 5.33 Å². The Kier molecular flexibility index (Phi) is 7.07. The SMILES string of the molecule is CCC(OC(=O)C(C)CBr)[Si](Cl)(Cl)Cl. The third-order valence-corrected chi connectivity index (χ3v) is 6.05. The summed E-state index contributed by atoms with van der Waals surface area (Å²) < 4.78 is 5.11. The van der Waals surface area contributed by atoms with E-state index in [0.717, 1.165) is 0 Å². The lowest BCUT2D eigenvalue weighted by Gasteiger charge is -2.22. The molecule has 0 aromatic heterocycles. The average Bonchev–Trinajstić information content (AvgIpc) is 2.10. The first-order valence-electron chi connectivity index (χ1n) is 4.16. The van der Waals surface area contributed by atoms with Crippen LogP contribution in [0.15, 0.2) is 0 Å². The molecule has 0 radical (unpaired) electrons. The number of ether oxygens (including phenoxy) is 1. The zero-order valence-corrected chi connectivity index (χ0v) is 12.8. The molecule has 0 N–H and O–H groups in total. The van der Waals surface area contributed by atoms with E-state index < -0.39 is 11.7 Å². The number of carbonyl (C=O) groups excluding carboxylic acids is 1. The second kappa shape index (κ2) is 6.58. The van der Waals surface area contributed by atoms with Gasteiger partial charge in [-0.2, -0.15) is 0 Å². The number of alkyl halides is 1. The van der Waals surface area contributed by atoms with E-state index in [1.807, 2.05) is 6.92 Å². The number of esters is 1. The molecule has 0 amide bonds. The molecule has 0 saturated carbocycles. The molecule has 0 heterocycles. The Bertz CT molecular complexity index is 198. The lowest BCUT2D eigenvalue weighted by atomic mass is 10.2. The van der Waals surface area contributed by atoms with Crippen molar-refractivity contribution in [2.45, 2.75) is 26.0 Å². The van der Waals surface area contributed by atoms with Crippen LogP contribution in [-0.2, 0) is 9.53 Å². The van der Waals surface area contributed by atoms with E-state index in [4.69, 9.17) is 38.0 Å². The fourth-order valence-corrected chi connectivity index (χ4v) is 3.47. The highest BCUT2D eigenvalue weighted by atomic mass is 79.9. The van der Waals surface area contributed by atoms with Gasteiger partial charge in [0, 0.05) is 5.33 Å². The highest BCUT2D eigenvalue weighted by molar-refractivity contribution is 9.09. The van der Waals surface area contributed by atoms with E-state index in [0.29, 0.717) is 11.8 Å². The molecular weight excluding hydrogens is 330 g/mol. The highest BCUT2D eigenvalue weighted by Gasteiger charge is 2.39. The van der Waals surface area contributed by atoms with Crippen LogP contribution in [0, 0.1) is 5.92 Å². The third kappa shape index (κ3) is 5.21. The third-order valence-electron chi connectivity index (χ3n) is 1.63. The van der Waals surface area contributed by atoms with E-state index in [-0.39, 0.29) is 11.9 Å². The predicted octanol–water partition coefficient (Wildman–Crippen LogP) is 3.53. The van der Waals surface area contributed by atoms with E-state index in [9.17, 15) is 4.79 Å². The Hall–Kier alpha value is 1.04. The van der Waals surface area contributed by atoms with Gasteiger partial charge in [0.05, 0.1) is 5.92 Å². The van der Waals surface area contributed by atoms with Crippen LogP contribution in [0.4, 0.5) is 0 Å². The molecule has 7 heteroatoms. The van der Waals surface area contributed by atoms with Crippen molar-refractivity contribution in [3.63, 3.8) is 0 Å². The van der Waals surface area contributed by atoms with E-state index >= 15 is 0 Å². The Morgan fingerprint density at radius 2 is 2.00 bits per heavy atom. The first-order valence-corrected chi connectivity index (χ1v) is 10.4. The molecule has 0 aliphatic carbocycles. The number of hydrogen-bond acceptors (Lipinski definition) is 2. The molecule has 0 bridgehead atoms. The van der Waals surface area contributed by atoms with Crippen LogP contribution in [0.25, 0.3) is 0 Å². The molecule has 2 atom stereocenters. The maximum absolute atomic E-state index is 11.4. The first kappa shape index (κ1) is 15.0. The van der Waals surface area contributed by atoms with Crippen LogP contribution >= 0.6 is 49.2 Å². The van der Waals surface area contributed by atoms with Crippen molar-refractivity contribution < 1.29 is 9.53 Å². The maximum Gasteiger partial charge on any atom is 0.381 e. The fraction of sp³-hybridized carbons (Fsp3) is 0.857. The van der Waals surface area contributed by atoms with Crippen LogP contribution < -0.4 is 0 Å². The van der Waals surface area contributed by atoms with Crippen molar-refractivity contribution >= 4 is 61.1 Å². The standard InChI is InChI=1S/C7H12BrCl3O2Si/c1-3-6(14(9,10)11)13-7(12)5(2)4-8/h5-6H,3-4H2,1-2H3. The summed E-state index contributed by atoms with van der Waals surface area (Å²) in [6, 6.07) is -2.95. The van der Waals surface area contributed by atoms with Crippen LogP contribution in [0.3, 0.4) is 0 Å². The van der Waals surface area contributed by atoms with Crippen LogP contribution in [0.2, 0.25) is 0 Å². The maximum atomic E-state index is 11.4. The van der Waals surface area contributed by atoms with Gasteiger partial charge in [-0.3, -0.25) is 4.79 Å². The zero-order chi connectivity index (χ0) is 11.4. The molecule has 84 valence electrons. The Morgan fingerprint density at radius 3 is 2.29 bits per heavy atom. The molecule has 2 nitrogen and oxygen atoms in total. The summed E-state index contributed by atoms with van der Waals surface area (Å²) in [6.45, 7) is 3.58. The van der Waals surface area contributed by atoms with Gasteiger partial charge in [0.25, 0.3) is 0 Å². The van der Waals surface area contributed by atoms with Crippen molar-refractivity contribution in [2.24, 2.45) is 5.92 Å². The molecule has 0 spiro atoms. The molecule has 0 aromatic carbocycles. The minimum atomic E-state index is -2.95. The van der Waals surface area contributed by atoms with Gasteiger partial charge < -0.3 is 4.74 Å². The smallest absolute Gasteiger partial charge is 0.381 e. The zero-order valence-electron chi connectivity index (χ0n) is 7.90. The van der Waals surface area contributed by atoms with E-state index in [1.165, 1.54) is 0 Å².